The van der Waals surface area contributed by atoms with E-state index in [1.165, 1.54) is 44.9 Å². The van der Waals surface area contributed by atoms with E-state index in [4.69, 9.17) is 9.47 Å². The molecule has 3 heterocycles. The molecule has 4 atom stereocenters. The van der Waals surface area contributed by atoms with Gasteiger partial charge in [0.15, 0.2) is 0 Å². The van der Waals surface area contributed by atoms with Gasteiger partial charge in [-0.15, -0.1) is 0 Å². The molecule has 3 saturated heterocycles. The van der Waals surface area contributed by atoms with E-state index in [0.717, 1.165) is 36.9 Å². The summed E-state index contributed by atoms with van der Waals surface area (Å²) in [5, 5.41) is 0. The van der Waals surface area contributed by atoms with Crippen molar-refractivity contribution in [1.29, 1.82) is 0 Å². The summed E-state index contributed by atoms with van der Waals surface area (Å²) in [6, 6.07) is 0. The van der Waals surface area contributed by atoms with Crippen LogP contribution in [0.5, 0.6) is 0 Å². The number of hydrogen-bond donors (Lipinski definition) is 0. The zero-order valence-corrected chi connectivity index (χ0v) is 12.6. The van der Waals surface area contributed by atoms with Gasteiger partial charge in [-0.05, 0) is 75.5 Å². The van der Waals surface area contributed by atoms with Crippen molar-refractivity contribution in [2.24, 2.45) is 23.7 Å². The van der Waals surface area contributed by atoms with Crippen molar-refractivity contribution in [2.75, 3.05) is 13.2 Å². The Balaban J connectivity index is 1.43. The number of fused-ring (bicyclic) bond motifs is 4. The van der Waals surface area contributed by atoms with Gasteiger partial charge >= 0.3 is 0 Å². The lowest BCUT2D eigenvalue weighted by Crippen LogP contribution is -2.40. The first-order valence-corrected chi connectivity index (χ1v) is 8.44. The SMILES string of the molecule is CC1COC(CCC2CCC(C)OC2)C2CC(C1)C2. The zero-order chi connectivity index (χ0) is 13.2. The van der Waals surface area contributed by atoms with Crippen LogP contribution in [0.3, 0.4) is 0 Å². The van der Waals surface area contributed by atoms with E-state index in [9.17, 15) is 0 Å². The highest BCUT2D eigenvalue weighted by molar-refractivity contribution is 4.88. The molecule has 4 fully saturated rings. The Morgan fingerprint density at radius 2 is 1.74 bits per heavy atom. The van der Waals surface area contributed by atoms with Gasteiger partial charge in [-0.3, -0.25) is 0 Å². The summed E-state index contributed by atoms with van der Waals surface area (Å²) in [4.78, 5) is 0. The van der Waals surface area contributed by atoms with Gasteiger partial charge in [0.1, 0.15) is 0 Å². The summed E-state index contributed by atoms with van der Waals surface area (Å²) >= 11 is 0. The highest BCUT2D eigenvalue weighted by atomic mass is 16.5. The van der Waals surface area contributed by atoms with Crippen molar-refractivity contribution in [3.63, 3.8) is 0 Å². The maximum absolute atomic E-state index is 6.22. The zero-order valence-electron chi connectivity index (χ0n) is 12.6. The molecule has 4 aliphatic rings. The van der Waals surface area contributed by atoms with Crippen LogP contribution in [0.4, 0.5) is 0 Å². The molecule has 0 N–H and O–H groups in total. The van der Waals surface area contributed by atoms with Crippen molar-refractivity contribution in [3.05, 3.63) is 0 Å². The summed E-state index contributed by atoms with van der Waals surface area (Å²) in [7, 11) is 0. The molecule has 0 radical (unpaired) electrons. The average Bonchev–Trinajstić information content (AvgIpc) is 2.33. The fourth-order valence-electron chi connectivity index (χ4n) is 4.23. The molecule has 2 heteroatoms. The highest BCUT2D eigenvalue weighted by Crippen LogP contribution is 2.44. The lowest BCUT2D eigenvalue weighted by Gasteiger charge is -2.44. The Morgan fingerprint density at radius 1 is 0.895 bits per heavy atom. The summed E-state index contributed by atoms with van der Waals surface area (Å²) in [6.07, 6.45) is 10.5. The Labute approximate surface area is 118 Å². The van der Waals surface area contributed by atoms with Crippen LogP contribution in [0.15, 0.2) is 0 Å². The molecular formula is C17H30O2. The molecule has 1 aliphatic carbocycles. The molecule has 4 unspecified atom stereocenters. The monoisotopic (exact) mass is 266 g/mol. The molecule has 0 aromatic carbocycles. The van der Waals surface area contributed by atoms with Gasteiger partial charge in [0, 0.05) is 13.2 Å². The molecule has 3 aliphatic heterocycles. The first-order valence-electron chi connectivity index (χ1n) is 8.44. The van der Waals surface area contributed by atoms with E-state index < -0.39 is 0 Å². The van der Waals surface area contributed by atoms with Gasteiger partial charge in [0.25, 0.3) is 0 Å². The number of ether oxygens (including phenoxy) is 2. The maximum atomic E-state index is 6.22. The molecule has 110 valence electrons. The minimum atomic E-state index is 0.488. The molecule has 4 rings (SSSR count). The topological polar surface area (TPSA) is 18.5 Å². The Kier molecular flexibility index (Phi) is 4.48. The van der Waals surface area contributed by atoms with Crippen molar-refractivity contribution in [3.8, 4) is 0 Å². The van der Waals surface area contributed by atoms with E-state index in [1.807, 2.05) is 0 Å². The quantitative estimate of drug-likeness (QED) is 0.767. The van der Waals surface area contributed by atoms with E-state index in [1.54, 1.807) is 0 Å². The standard InChI is InChI=1S/C17H30O2/c1-12-7-15-8-16(9-15)17(19-10-12)6-5-14-4-3-13(2)18-11-14/h12-17H,3-11H2,1-2H3. The third-order valence-electron chi connectivity index (χ3n) is 5.59. The first-order chi connectivity index (χ1) is 9.20. The van der Waals surface area contributed by atoms with Gasteiger partial charge in [-0.25, -0.2) is 0 Å². The minimum absolute atomic E-state index is 0.488. The molecular weight excluding hydrogens is 236 g/mol. The first kappa shape index (κ1) is 13.9. The third kappa shape index (κ3) is 3.52. The molecule has 2 bridgehead atoms. The van der Waals surface area contributed by atoms with Crippen LogP contribution in [-0.2, 0) is 9.47 Å². The summed E-state index contributed by atoms with van der Waals surface area (Å²) in [5.41, 5.74) is 0. The van der Waals surface area contributed by atoms with Crippen molar-refractivity contribution < 1.29 is 9.47 Å². The lowest BCUT2D eigenvalue weighted by atomic mass is 9.67. The second-order valence-electron chi connectivity index (χ2n) is 7.47. The Hall–Kier alpha value is -0.0800. The fraction of sp³-hybridized carbons (Fsp3) is 1.00. The van der Waals surface area contributed by atoms with Gasteiger partial charge in [-0.1, -0.05) is 6.92 Å². The van der Waals surface area contributed by atoms with E-state index in [0.29, 0.717) is 12.2 Å². The molecule has 0 aromatic heterocycles. The Morgan fingerprint density at radius 3 is 2.47 bits per heavy atom. The van der Waals surface area contributed by atoms with Crippen LogP contribution in [0.2, 0.25) is 0 Å². The third-order valence-corrected chi connectivity index (χ3v) is 5.59. The molecule has 1 saturated carbocycles. The smallest absolute Gasteiger partial charge is 0.0603 e. The molecule has 0 amide bonds. The maximum Gasteiger partial charge on any atom is 0.0603 e. The van der Waals surface area contributed by atoms with Crippen LogP contribution in [0.1, 0.15) is 58.8 Å². The predicted octanol–water partition coefficient (Wildman–Crippen LogP) is 4.03. The molecule has 0 spiro atoms. The van der Waals surface area contributed by atoms with E-state index >= 15 is 0 Å². The normalized spacial score (nSPS) is 47.1. The number of hydrogen-bond acceptors (Lipinski definition) is 2. The summed E-state index contributed by atoms with van der Waals surface area (Å²) < 4.78 is 12.0. The van der Waals surface area contributed by atoms with Crippen molar-refractivity contribution in [1.82, 2.24) is 0 Å². The van der Waals surface area contributed by atoms with Gasteiger partial charge in [0.05, 0.1) is 12.2 Å². The van der Waals surface area contributed by atoms with Gasteiger partial charge in [-0.2, -0.15) is 0 Å². The Bertz CT molecular complexity index is 274. The minimum Gasteiger partial charge on any atom is -0.378 e. The highest BCUT2D eigenvalue weighted by Gasteiger charge is 2.38. The van der Waals surface area contributed by atoms with Crippen LogP contribution >= 0.6 is 0 Å². The molecule has 2 nitrogen and oxygen atoms in total. The van der Waals surface area contributed by atoms with Crippen LogP contribution in [0, 0.1) is 23.7 Å². The number of rotatable bonds is 3. The van der Waals surface area contributed by atoms with Gasteiger partial charge < -0.3 is 9.47 Å². The van der Waals surface area contributed by atoms with Crippen molar-refractivity contribution >= 4 is 0 Å². The van der Waals surface area contributed by atoms with Crippen molar-refractivity contribution in [2.45, 2.75) is 71.0 Å². The molecule has 0 aromatic rings. The van der Waals surface area contributed by atoms with E-state index in [2.05, 4.69) is 13.8 Å². The predicted molar refractivity (Wildman–Crippen MR) is 77.1 cm³/mol. The fourth-order valence-corrected chi connectivity index (χ4v) is 4.23. The summed E-state index contributed by atoms with van der Waals surface area (Å²) in [6.45, 7) is 6.53. The van der Waals surface area contributed by atoms with Crippen LogP contribution in [0.25, 0.3) is 0 Å². The van der Waals surface area contributed by atoms with Crippen LogP contribution < -0.4 is 0 Å². The lowest BCUT2D eigenvalue weighted by molar-refractivity contribution is -0.0846. The largest absolute Gasteiger partial charge is 0.378 e. The second-order valence-corrected chi connectivity index (χ2v) is 7.47. The van der Waals surface area contributed by atoms with E-state index in [-0.39, 0.29) is 0 Å². The second kappa shape index (κ2) is 6.13. The summed E-state index contributed by atoms with van der Waals surface area (Å²) in [5.74, 6) is 3.46. The van der Waals surface area contributed by atoms with Crippen LogP contribution in [-0.4, -0.2) is 25.4 Å². The molecule has 19 heavy (non-hydrogen) atoms. The average molecular weight is 266 g/mol. The van der Waals surface area contributed by atoms with Gasteiger partial charge in [0.2, 0.25) is 0 Å².